The number of carbonyl (C=O) groups is 1. The van der Waals surface area contributed by atoms with E-state index in [1.54, 1.807) is 0 Å². The topological polar surface area (TPSA) is 38.3 Å². The number of hydrogen-bond donors (Lipinski definition) is 1. The van der Waals surface area contributed by atoms with Gasteiger partial charge in [-0.15, -0.1) is 0 Å². The summed E-state index contributed by atoms with van der Waals surface area (Å²) in [4.78, 5) is 11.1. The lowest BCUT2D eigenvalue weighted by Gasteiger charge is -2.25. The first-order valence-corrected chi connectivity index (χ1v) is 4.05. The zero-order valence-electron chi connectivity index (χ0n) is 7.09. The molecule has 64 valence electrons. The number of rotatable bonds is 3. The van der Waals surface area contributed by atoms with Crippen LogP contribution in [0.3, 0.4) is 0 Å². The minimum Gasteiger partial charge on any atom is -0.381 e. The van der Waals surface area contributed by atoms with Crippen LogP contribution in [-0.2, 0) is 9.53 Å². The van der Waals surface area contributed by atoms with Crippen LogP contribution < -0.4 is 5.32 Å². The van der Waals surface area contributed by atoms with Crippen molar-refractivity contribution in [3.8, 4) is 0 Å². The zero-order chi connectivity index (χ0) is 8.27. The van der Waals surface area contributed by atoms with Gasteiger partial charge >= 0.3 is 0 Å². The first-order chi connectivity index (χ1) is 5.18. The lowest BCUT2D eigenvalue weighted by Crippen LogP contribution is -2.36. The molecule has 0 saturated carbocycles. The van der Waals surface area contributed by atoms with Gasteiger partial charge in [-0.25, -0.2) is 0 Å². The molecule has 0 aromatic carbocycles. The van der Waals surface area contributed by atoms with E-state index in [9.17, 15) is 4.79 Å². The molecule has 1 rings (SSSR count). The molecule has 1 N–H and O–H groups in total. The van der Waals surface area contributed by atoms with Gasteiger partial charge in [-0.2, -0.15) is 0 Å². The Morgan fingerprint density at radius 2 is 2.27 bits per heavy atom. The average molecular weight is 157 g/mol. The highest BCUT2D eigenvalue weighted by molar-refractivity contribution is 5.76. The standard InChI is InChI=1S/C8H15NO2/c1-6(2)9-8(10)3-7-4-11-5-7/h6-7H,3-5H2,1-2H3,(H,9,10). The van der Waals surface area contributed by atoms with Crippen LogP contribution in [0.1, 0.15) is 20.3 Å². The van der Waals surface area contributed by atoms with E-state index in [-0.39, 0.29) is 11.9 Å². The monoisotopic (exact) mass is 157 g/mol. The molecule has 3 heteroatoms. The third-order valence-corrected chi connectivity index (χ3v) is 1.63. The molecule has 0 unspecified atom stereocenters. The predicted molar refractivity (Wildman–Crippen MR) is 42.2 cm³/mol. The summed E-state index contributed by atoms with van der Waals surface area (Å²) < 4.78 is 4.96. The van der Waals surface area contributed by atoms with Gasteiger partial charge in [0.05, 0.1) is 13.2 Å². The van der Waals surface area contributed by atoms with Gasteiger partial charge in [0.1, 0.15) is 0 Å². The van der Waals surface area contributed by atoms with E-state index in [0.29, 0.717) is 12.3 Å². The molecule has 0 radical (unpaired) electrons. The fourth-order valence-corrected chi connectivity index (χ4v) is 1.05. The molecule has 1 aliphatic heterocycles. The van der Waals surface area contributed by atoms with Gasteiger partial charge in [-0.3, -0.25) is 4.79 Å². The van der Waals surface area contributed by atoms with Crippen LogP contribution in [0.25, 0.3) is 0 Å². The van der Waals surface area contributed by atoms with Crippen LogP contribution in [0, 0.1) is 5.92 Å². The molecule has 1 amide bonds. The van der Waals surface area contributed by atoms with E-state index in [4.69, 9.17) is 4.74 Å². The Morgan fingerprint density at radius 3 is 2.64 bits per heavy atom. The highest BCUT2D eigenvalue weighted by Crippen LogP contribution is 2.13. The van der Waals surface area contributed by atoms with Gasteiger partial charge < -0.3 is 10.1 Å². The first-order valence-electron chi connectivity index (χ1n) is 4.05. The predicted octanol–water partition coefficient (Wildman–Crippen LogP) is 0.547. The summed E-state index contributed by atoms with van der Waals surface area (Å²) >= 11 is 0. The molecule has 0 aromatic rings. The van der Waals surface area contributed by atoms with Gasteiger partial charge in [-0.05, 0) is 13.8 Å². The largest absolute Gasteiger partial charge is 0.381 e. The van der Waals surface area contributed by atoms with E-state index in [0.717, 1.165) is 13.2 Å². The Labute approximate surface area is 67.1 Å². The third kappa shape index (κ3) is 2.89. The molecule has 3 nitrogen and oxygen atoms in total. The van der Waals surface area contributed by atoms with Crippen molar-refractivity contribution in [3.63, 3.8) is 0 Å². The Kier molecular flexibility index (Phi) is 2.88. The SMILES string of the molecule is CC(C)NC(=O)CC1COC1. The van der Waals surface area contributed by atoms with Crippen molar-refractivity contribution < 1.29 is 9.53 Å². The molecule has 0 bridgehead atoms. The Balaban J connectivity index is 2.09. The second kappa shape index (κ2) is 3.72. The molecule has 1 fully saturated rings. The van der Waals surface area contributed by atoms with Gasteiger partial charge in [0.15, 0.2) is 0 Å². The summed E-state index contributed by atoms with van der Waals surface area (Å²) in [5.74, 6) is 0.613. The summed E-state index contributed by atoms with van der Waals surface area (Å²) in [6.45, 7) is 5.45. The second-order valence-electron chi connectivity index (χ2n) is 3.33. The quantitative estimate of drug-likeness (QED) is 0.649. The minimum atomic E-state index is 0.147. The minimum absolute atomic E-state index is 0.147. The Hall–Kier alpha value is -0.570. The maximum absolute atomic E-state index is 11.1. The molecular weight excluding hydrogens is 142 g/mol. The highest BCUT2D eigenvalue weighted by atomic mass is 16.5. The van der Waals surface area contributed by atoms with Crippen molar-refractivity contribution in [2.75, 3.05) is 13.2 Å². The van der Waals surface area contributed by atoms with Gasteiger partial charge in [0, 0.05) is 18.4 Å². The van der Waals surface area contributed by atoms with E-state index in [2.05, 4.69) is 5.32 Å². The first kappa shape index (κ1) is 8.53. The molecule has 11 heavy (non-hydrogen) atoms. The highest BCUT2D eigenvalue weighted by Gasteiger charge is 2.21. The maximum atomic E-state index is 11.1. The zero-order valence-corrected chi connectivity index (χ0v) is 7.09. The number of nitrogens with one attached hydrogen (secondary N) is 1. The van der Waals surface area contributed by atoms with E-state index < -0.39 is 0 Å². The van der Waals surface area contributed by atoms with Crippen molar-refractivity contribution in [1.29, 1.82) is 0 Å². The molecular formula is C8H15NO2. The fraction of sp³-hybridized carbons (Fsp3) is 0.875. The molecule has 0 spiro atoms. The number of ether oxygens (including phenoxy) is 1. The van der Waals surface area contributed by atoms with Crippen molar-refractivity contribution in [1.82, 2.24) is 5.32 Å². The van der Waals surface area contributed by atoms with Gasteiger partial charge in [-0.1, -0.05) is 0 Å². The van der Waals surface area contributed by atoms with Crippen molar-refractivity contribution in [2.24, 2.45) is 5.92 Å². The fourth-order valence-electron chi connectivity index (χ4n) is 1.05. The Morgan fingerprint density at radius 1 is 1.64 bits per heavy atom. The van der Waals surface area contributed by atoms with Crippen molar-refractivity contribution >= 4 is 5.91 Å². The lowest BCUT2D eigenvalue weighted by atomic mass is 10.0. The van der Waals surface area contributed by atoms with Crippen LogP contribution in [0.5, 0.6) is 0 Å². The van der Waals surface area contributed by atoms with Crippen LogP contribution in [0.15, 0.2) is 0 Å². The van der Waals surface area contributed by atoms with E-state index in [1.165, 1.54) is 0 Å². The van der Waals surface area contributed by atoms with Gasteiger partial charge in [0.25, 0.3) is 0 Å². The average Bonchev–Trinajstić information content (AvgIpc) is 1.77. The summed E-state index contributed by atoms with van der Waals surface area (Å²) in [6.07, 6.45) is 0.623. The second-order valence-corrected chi connectivity index (χ2v) is 3.33. The maximum Gasteiger partial charge on any atom is 0.220 e. The molecule has 1 heterocycles. The van der Waals surface area contributed by atoms with Crippen molar-refractivity contribution in [2.45, 2.75) is 26.3 Å². The molecule has 1 saturated heterocycles. The van der Waals surface area contributed by atoms with Gasteiger partial charge in [0.2, 0.25) is 5.91 Å². The lowest BCUT2D eigenvalue weighted by molar-refractivity contribution is -0.126. The smallest absolute Gasteiger partial charge is 0.220 e. The Bertz CT molecular complexity index is 141. The van der Waals surface area contributed by atoms with E-state index >= 15 is 0 Å². The molecule has 0 aliphatic carbocycles. The summed E-state index contributed by atoms with van der Waals surface area (Å²) in [7, 11) is 0. The van der Waals surface area contributed by atoms with E-state index in [1.807, 2.05) is 13.8 Å². The molecule has 0 atom stereocenters. The summed E-state index contributed by atoms with van der Waals surface area (Å²) in [5.41, 5.74) is 0. The number of carbonyl (C=O) groups excluding carboxylic acids is 1. The molecule has 1 aliphatic rings. The third-order valence-electron chi connectivity index (χ3n) is 1.63. The van der Waals surface area contributed by atoms with Crippen molar-refractivity contribution in [3.05, 3.63) is 0 Å². The van der Waals surface area contributed by atoms with Crippen LogP contribution in [-0.4, -0.2) is 25.2 Å². The van der Waals surface area contributed by atoms with Crippen LogP contribution in [0.2, 0.25) is 0 Å². The molecule has 0 aromatic heterocycles. The summed E-state index contributed by atoms with van der Waals surface area (Å²) in [6, 6.07) is 0.253. The number of amides is 1. The number of hydrogen-bond acceptors (Lipinski definition) is 2. The van der Waals surface area contributed by atoms with Crippen LogP contribution >= 0.6 is 0 Å². The normalized spacial score (nSPS) is 18.1. The summed E-state index contributed by atoms with van der Waals surface area (Å²) in [5, 5.41) is 2.85. The van der Waals surface area contributed by atoms with Crippen LogP contribution in [0.4, 0.5) is 0 Å².